The predicted octanol–water partition coefficient (Wildman–Crippen LogP) is 3.42. The van der Waals surface area contributed by atoms with Gasteiger partial charge in [0.2, 0.25) is 0 Å². The van der Waals surface area contributed by atoms with Gasteiger partial charge in [0, 0.05) is 24.7 Å². The lowest BCUT2D eigenvalue weighted by Gasteiger charge is -2.47. The van der Waals surface area contributed by atoms with E-state index in [1.807, 2.05) is 0 Å². The number of unbranched alkanes of at least 4 members (excludes halogenated alkanes) is 1. The van der Waals surface area contributed by atoms with Crippen LogP contribution in [-0.2, 0) is 0 Å². The molecule has 0 aromatic heterocycles. The van der Waals surface area contributed by atoms with Crippen LogP contribution in [0.25, 0.3) is 0 Å². The third-order valence-corrected chi connectivity index (χ3v) is 4.84. The molecular weight excluding hydrogens is 220 g/mol. The number of rotatable bonds is 5. The Labute approximate surface area is 114 Å². The lowest BCUT2D eigenvalue weighted by atomic mass is 9.89. The Hall–Kier alpha value is -0.0800. The summed E-state index contributed by atoms with van der Waals surface area (Å²) >= 11 is 0. The van der Waals surface area contributed by atoms with Gasteiger partial charge in [-0.15, -0.1) is 0 Å². The maximum atomic E-state index is 3.91. The fraction of sp³-hybridized carbons (Fsp3) is 1.00. The van der Waals surface area contributed by atoms with Crippen LogP contribution in [0.5, 0.6) is 0 Å². The van der Waals surface area contributed by atoms with Crippen LogP contribution in [0.1, 0.15) is 65.7 Å². The highest BCUT2D eigenvalue weighted by Gasteiger charge is 2.40. The molecule has 2 nitrogen and oxygen atoms in total. The molecule has 2 heteroatoms. The van der Waals surface area contributed by atoms with Gasteiger partial charge in [-0.1, -0.05) is 40.0 Å². The number of piperazine rings is 1. The molecule has 106 valence electrons. The predicted molar refractivity (Wildman–Crippen MR) is 78.9 cm³/mol. The summed E-state index contributed by atoms with van der Waals surface area (Å²) in [5.74, 6) is 0.818. The van der Waals surface area contributed by atoms with E-state index in [1.54, 1.807) is 0 Å². The van der Waals surface area contributed by atoms with E-state index in [4.69, 9.17) is 0 Å². The number of nitrogens with one attached hydrogen (secondary N) is 1. The van der Waals surface area contributed by atoms with Crippen molar-refractivity contribution in [2.45, 2.75) is 77.3 Å². The van der Waals surface area contributed by atoms with Crippen molar-refractivity contribution in [1.82, 2.24) is 10.2 Å². The van der Waals surface area contributed by atoms with Crippen molar-refractivity contribution >= 4 is 0 Å². The minimum atomic E-state index is 0.487. The molecule has 2 rings (SSSR count). The lowest BCUT2D eigenvalue weighted by molar-refractivity contribution is 0.0683. The zero-order valence-corrected chi connectivity index (χ0v) is 12.7. The van der Waals surface area contributed by atoms with Gasteiger partial charge in [-0.05, 0) is 38.1 Å². The van der Waals surface area contributed by atoms with E-state index in [0.717, 1.165) is 12.0 Å². The monoisotopic (exact) mass is 252 g/mol. The first-order chi connectivity index (χ1) is 8.65. The first-order valence-corrected chi connectivity index (χ1v) is 8.14. The van der Waals surface area contributed by atoms with Crippen molar-refractivity contribution in [3.8, 4) is 0 Å². The molecule has 0 radical (unpaired) electrons. The van der Waals surface area contributed by atoms with Crippen LogP contribution >= 0.6 is 0 Å². The molecule has 18 heavy (non-hydrogen) atoms. The van der Waals surface area contributed by atoms with Crippen molar-refractivity contribution < 1.29 is 0 Å². The van der Waals surface area contributed by atoms with Crippen LogP contribution in [0.2, 0.25) is 0 Å². The molecule has 1 saturated heterocycles. The van der Waals surface area contributed by atoms with Gasteiger partial charge in [0.25, 0.3) is 0 Å². The van der Waals surface area contributed by atoms with Gasteiger partial charge in [-0.25, -0.2) is 0 Å². The highest BCUT2D eigenvalue weighted by Crippen LogP contribution is 2.34. The smallest absolute Gasteiger partial charge is 0.0309 e. The second-order valence-corrected chi connectivity index (χ2v) is 6.98. The van der Waals surface area contributed by atoms with Gasteiger partial charge in [-0.3, -0.25) is 4.90 Å². The van der Waals surface area contributed by atoms with Crippen LogP contribution in [0.4, 0.5) is 0 Å². The normalized spacial score (nSPS) is 28.3. The first-order valence-electron chi connectivity index (χ1n) is 8.14. The Bertz CT molecular complexity index is 243. The van der Waals surface area contributed by atoms with E-state index in [0.29, 0.717) is 5.54 Å². The molecule has 2 fully saturated rings. The Kier molecular flexibility index (Phi) is 5.08. The summed E-state index contributed by atoms with van der Waals surface area (Å²) in [5.41, 5.74) is 0.487. The van der Waals surface area contributed by atoms with Gasteiger partial charge < -0.3 is 5.32 Å². The maximum Gasteiger partial charge on any atom is 0.0309 e. The van der Waals surface area contributed by atoms with Gasteiger partial charge in [0.15, 0.2) is 0 Å². The number of hydrogen-bond donors (Lipinski definition) is 1. The minimum Gasteiger partial charge on any atom is -0.308 e. The summed E-state index contributed by atoms with van der Waals surface area (Å²) in [5, 5.41) is 3.91. The summed E-state index contributed by atoms with van der Waals surface area (Å²) in [4.78, 5) is 2.81. The Morgan fingerprint density at radius 2 is 2.00 bits per heavy atom. The zero-order valence-electron chi connectivity index (χ0n) is 12.7. The van der Waals surface area contributed by atoms with Crippen molar-refractivity contribution in [1.29, 1.82) is 0 Å². The van der Waals surface area contributed by atoms with E-state index >= 15 is 0 Å². The summed E-state index contributed by atoms with van der Waals surface area (Å²) in [6.45, 7) is 10.9. The third kappa shape index (κ3) is 3.48. The molecule has 1 N–H and O–H groups in total. The Morgan fingerprint density at radius 1 is 1.28 bits per heavy atom. The molecule has 0 aromatic carbocycles. The van der Waals surface area contributed by atoms with Gasteiger partial charge in [-0.2, -0.15) is 0 Å². The zero-order chi connectivity index (χ0) is 13.0. The highest BCUT2D eigenvalue weighted by molar-refractivity contribution is 5.01. The van der Waals surface area contributed by atoms with Crippen molar-refractivity contribution in [2.75, 3.05) is 19.6 Å². The average molecular weight is 252 g/mol. The van der Waals surface area contributed by atoms with Crippen LogP contribution in [0.15, 0.2) is 0 Å². The minimum absolute atomic E-state index is 0.487. The van der Waals surface area contributed by atoms with Crippen LogP contribution in [0, 0.1) is 5.92 Å². The molecule has 0 aromatic rings. The standard InChI is InChI=1S/C16H32N2/c1-4-5-10-18-13-16(8-6-7-9-16)17-12-15(18)11-14(2)3/h14-15,17H,4-13H2,1-3H3. The quantitative estimate of drug-likeness (QED) is 0.806. The molecule has 1 unspecified atom stereocenters. The van der Waals surface area contributed by atoms with Gasteiger partial charge in [0.05, 0.1) is 0 Å². The lowest BCUT2D eigenvalue weighted by Crippen LogP contribution is -2.63. The topological polar surface area (TPSA) is 15.3 Å². The fourth-order valence-corrected chi connectivity index (χ4v) is 3.82. The van der Waals surface area contributed by atoms with E-state index in [-0.39, 0.29) is 0 Å². The van der Waals surface area contributed by atoms with Crippen LogP contribution in [-0.4, -0.2) is 36.1 Å². The summed E-state index contributed by atoms with van der Waals surface area (Å²) < 4.78 is 0. The molecule has 1 spiro atoms. The van der Waals surface area contributed by atoms with Crippen LogP contribution in [0.3, 0.4) is 0 Å². The number of hydrogen-bond acceptors (Lipinski definition) is 2. The largest absolute Gasteiger partial charge is 0.308 e. The van der Waals surface area contributed by atoms with E-state index in [1.165, 1.54) is 64.6 Å². The molecule has 1 aliphatic heterocycles. The SMILES string of the molecule is CCCCN1CC2(CCCC2)NCC1CC(C)C. The van der Waals surface area contributed by atoms with Crippen LogP contribution < -0.4 is 5.32 Å². The summed E-state index contributed by atoms with van der Waals surface area (Å²) in [7, 11) is 0. The molecular formula is C16H32N2. The van der Waals surface area contributed by atoms with E-state index in [9.17, 15) is 0 Å². The Morgan fingerprint density at radius 3 is 2.61 bits per heavy atom. The summed E-state index contributed by atoms with van der Waals surface area (Å²) in [6.07, 6.45) is 9.73. The second kappa shape index (κ2) is 6.38. The molecule has 2 aliphatic rings. The van der Waals surface area contributed by atoms with E-state index in [2.05, 4.69) is 31.0 Å². The molecule has 1 aliphatic carbocycles. The molecule has 1 heterocycles. The molecule has 0 amide bonds. The number of nitrogens with zero attached hydrogens (tertiary/aromatic N) is 1. The molecule has 0 bridgehead atoms. The van der Waals surface area contributed by atoms with Crippen molar-refractivity contribution in [3.05, 3.63) is 0 Å². The Balaban J connectivity index is 1.95. The highest BCUT2D eigenvalue weighted by atomic mass is 15.3. The average Bonchev–Trinajstić information content (AvgIpc) is 2.78. The van der Waals surface area contributed by atoms with Crippen molar-refractivity contribution in [2.24, 2.45) is 5.92 Å². The molecule has 1 atom stereocenters. The fourth-order valence-electron chi connectivity index (χ4n) is 3.82. The first kappa shape index (κ1) is 14.3. The summed E-state index contributed by atoms with van der Waals surface area (Å²) in [6, 6.07) is 0.780. The third-order valence-electron chi connectivity index (χ3n) is 4.84. The van der Waals surface area contributed by atoms with Gasteiger partial charge >= 0.3 is 0 Å². The van der Waals surface area contributed by atoms with E-state index < -0.39 is 0 Å². The molecule has 1 saturated carbocycles. The van der Waals surface area contributed by atoms with Gasteiger partial charge in [0.1, 0.15) is 0 Å². The maximum absolute atomic E-state index is 3.91. The van der Waals surface area contributed by atoms with Crippen molar-refractivity contribution in [3.63, 3.8) is 0 Å². The second-order valence-electron chi connectivity index (χ2n) is 6.98.